The van der Waals surface area contributed by atoms with Crippen molar-refractivity contribution in [1.29, 1.82) is 0 Å². The highest BCUT2D eigenvalue weighted by molar-refractivity contribution is 7.98. The van der Waals surface area contributed by atoms with Gasteiger partial charge in [-0.1, -0.05) is 0 Å². The van der Waals surface area contributed by atoms with Crippen LogP contribution < -0.4 is 5.73 Å². The molecule has 0 aliphatic carbocycles. The number of furan rings is 1. The minimum Gasteiger partial charge on any atom is -0.464 e. The average molecular weight is 337 g/mol. The summed E-state index contributed by atoms with van der Waals surface area (Å²) in [7, 11) is 4.10. The summed E-state index contributed by atoms with van der Waals surface area (Å²) in [5.74, 6) is 5.30. The van der Waals surface area contributed by atoms with Gasteiger partial charge in [0.15, 0.2) is 0 Å². The standard InChI is InChI=1S/C17H28N4OS/c1-21(2)12-15-6-7-16(22-15)13-23-10-4-3-5-17-19-11-14(20-17)8-9-18/h6-7,11H,3-5,8-10,12-13,18H2,1-2H3,(H,19,20). The quantitative estimate of drug-likeness (QED) is 0.618. The second-order valence-electron chi connectivity index (χ2n) is 6.01. The van der Waals surface area contributed by atoms with Crippen molar-refractivity contribution in [3.8, 4) is 0 Å². The molecule has 0 bridgehead atoms. The van der Waals surface area contributed by atoms with Gasteiger partial charge in [0.05, 0.1) is 12.3 Å². The second kappa shape index (κ2) is 9.80. The first-order valence-corrected chi connectivity index (χ1v) is 9.35. The number of aryl methyl sites for hydroxylation is 1. The number of aromatic amines is 1. The van der Waals surface area contributed by atoms with Gasteiger partial charge in [-0.3, -0.25) is 0 Å². The number of H-pyrrole nitrogens is 1. The minimum atomic E-state index is 0.668. The molecule has 2 aromatic heterocycles. The Labute approximate surface area is 143 Å². The van der Waals surface area contributed by atoms with Crippen LogP contribution in [0.4, 0.5) is 0 Å². The average Bonchev–Trinajstić information content (AvgIpc) is 3.12. The number of imidazole rings is 1. The molecule has 0 saturated heterocycles. The van der Waals surface area contributed by atoms with Crippen molar-refractivity contribution in [2.24, 2.45) is 5.73 Å². The topological polar surface area (TPSA) is 71.1 Å². The van der Waals surface area contributed by atoms with Crippen LogP contribution in [-0.4, -0.2) is 41.3 Å². The molecule has 0 unspecified atom stereocenters. The lowest BCUT2D eigenvalue weighted by Crippen LogP contribution is -2.09. The maximum absolute atomic E-state index is 5.81. The predicted octanol–water partition coefficient (Wildman–Crippen LogP) is 2.82. The Morgan fingerprint density at radius 2 is 2.04 bits per heavy atom. The number of thioether (sulfide) groups is 1. The first kappa shape index (κ1) is 18.1. The largest absolute Gasteiger partial charge is 0.464 e. The van der Waals surface area contributed by atoms with Crippen LogP contribution in [0.3, 0.4) is 0 Å². The lowest BCUT2D eigenvalue weighted by atomic mass is 10.2. The highest BCUT2D eigenvalue weighted by Crippen LogP contribution is 2.17. The van der Waals surface area contributed by atoms with Crippen LogP contribution >= 0.6 is 11.8 Å². The fraction of sp³-hybridized carbons (Fsp3) is 0.588. The van der Waals surface area contributed by atoms with Gasteiger partial charge in [0, 0.05) is 24.7 Å². The van der Waals surface area contributed by atoms with Gasteiger partial charge in [-0.25, -0.2) is 4.98 Å². The molecule has 0 radical (unpaired) electrons. The Morgan fingerprint density at radius 1 is 1.22 bits per heavy atom. The lowest BCUT2D eigenvalue weighted by Gasteiger charge is -2.05. The molecule has 0 fully saturated rings. The summed E-state index contributed by atoms with van der Waals surface area (Å²) in [4.78, 5) is 9.84. The molecule has 3 N–H and O–H groups in total. The van der Waals surface area contributed by atoms with Crippen molar-refractivity contribution < 1.29 is 4.42 Å². The number of hydrogen-bond donors (Lipinski definition) is 2. The Morgan fingerprint density at radius 3 is 2.83 bits per heavy atom. The zero-order chi connectivity index (χ0) is 16.5. The second-order valence-corrected chi connectivity index (χ2v) is 7.11. The van der Waals surface area contributed by atoms with Gasteiger partial charge < -0.3 is 20.0 Å². The van der Waals surface area contributed by atoms with Crippen molar-refractivity contribution in [1.82, 2.24) is 14.9 Å². The number of aromatic nitrogens is 2. The number of nitrogens with two attached hydrogens (primary N) is 1. The van der Waals surface area contributed by atoms with Gasteiger partial charge in [-0.15, -0.1) is 0 Å². The third kappa shape index (κ3) is 6.81. The van der Waals surface area contributed by atoms with E-state index >= 15 is 0 Å². The summed E-state index contributed by atoms with van der Waals surface area (Å²) in [6, 6.07) is 4.17. The zero-order valence-corrected chi connectivity index (χ0v) is 15.0. The molecule has 23 heavy (non-hydrogen) atoms. The van der Waals surface area contributed by atoms with Crippen molar-refractivity contribution in [2.45, 2.75) is 38.0 Å². The molecular formula is C17H28N4OS. The number of nitrogens with zero attached hydrogens (tertiary/aromatic N) is 2. The van der Waals surface area contributed by atoms with Crippen LogP contribution in [0, 0.1) is 0 Å². The van der Waals surface area contributed by atoms with Crippen LogP contribution in [0.2, 0.25) is 0 Å². The summed E-state index contributed by atoms with van der Waals surface area (Å²) in [5.41, 5.74) is 6.68. The van der Waals surface area contributed by atoms with Crippen LogP contribution in [-0.2, 0) is 25.1 Å². The summed E-state index contributed by atoms with van der Waals surface area (Å²) < 4.78 is 5.81. The van der Waals surface area contributed by atoms with E-state index in [-0.39, 0.29) is 0 Å². The molecular weight excluding hydrogens is 308 g/mol. The molecule has 5 nitrogen and oxygen atoms in total. The van der Waals surface area contributed by atoms with E-state index in [4.69, 9.17) is 10.2 Å². The molecule has 6 heteroatoms. The maximum atomic E-state index is 5.81. The van der Waals surface area contributed by atoms with E-state index in [1.807, 2.05) is 18.0 Å². The molecule has 0 saturated carbocycles. The SMILES string of the molecule is CN(C)Cc1ccc(CSCCCCc2ncc(CCN)[nH]2)o1. The van der Waals surface area contributed by atoms with E-state index in [0.29, 0.717) is 6.54 Å². The summed E-state index contributed by atoms with van der Waals surface area (Å²) in [6.07, 6.45) is 6.15. The fourth-order valence-electron chi connectivity index (χ4n) is 2.38. The molecule has 0 aliphatic rings. The third-order valence-electron chi connectivity index (χ3n) is 3.48. The van der Waals surface area contributed by atoms with E-state index < -0.39 is 0 Å². The summed E-state index contributed by atoms with van der Waals surface area (Å²) in [6.45, 7) is 1.53. The Kier molecular flexibility index (Phi) is 7.71. The Bertz CT molecular complexity index is 564. The van der Waals surface area contributed by atoms with E-state index in [1.165, 1.54) is 6.42 Å². The monoisotopic (exact) mass is 336 g/mol. The van der Waals surface area contributed by atoms with Gasteiger partial charge in [-0.2, -0.15) is 11.8 Å². The lowest BCUT2D eigenvalue weighted by molar-refractivity contribution is 0.344. The van der Waals surface area contributed by atoms with Crippen LogP contribution in [0.1, 0.15) is 35.9 Å². The van der Waals surface area contributed by atoms with Gasteiger partial charge in [0.2, 0.25) is 0 Å². The van der Waals surface area contributed by atoms with Crippen LogP contribution in [0.15, 0.2) is 22.7 Å². The fourth-order valence-corrected chi connectivity index (χ4v) is 3.29. The molecule has 128 valence electrons. The van der Waals surface area contributed by atoms with Gasteiger partial charge >= 0.3 is 0 Å². The van der Waals surface area contributed by atoms with Crippen molar-refractivity contribution in [2.75, 3.05) is 26.4 Å². The highest BCUT2D eigenvalue weighted by Gasteiger charge is 2.04. The van der Waals surface area contributed by atoms with Gasteiger partial charge in [0.25, 0.3) is 0 Å². The van der Waals surface area contributed by atoms with Crippen molar-refractivity contribution >= 4 is 11.8 Å². The van der Waals surface area contributed by atoms with Crippen molar-refractivity contribution in [3.05, 3.63) is 41.4 Å². The first-order chi connectivity index (χ1) is 11.2. The Hall–Kier alpha value is -1.24. The van der Waals surface area contributed by atoms with Gasteiger partial charge in [-0.05, 0) is 51.4 Å². The van der Waals surface area contributed by atoms with E-state index in [2.05, 4.69) is 41.1 Å². The molecule has 0 aliphatic heterocycles. The number of rotatable bonds is 11. The van der Waals surface area contributed by atoms with E-state index in [0.717, 1.165) is 60.4 Å². The molecule has 2 heterocycles. The zero-order valence-electron chi connectivity index (χ0n) is 14.2. The van der Waals surface area contributed by atoms with E-state index in [9.17, 15) is 0 Å². The van der Waals surface area contributed by atoms with Crippen LogP contribution in [0.5, 0.6) is 0 Å². The third-order valence-corrected chi connectivity index (χ3v) is 4.55. The van der Waals surface area contributed by atoms with Gasteiger partial charge in [0.1, 0.15) is 17.3 Å². The molecule has 0 spiro atoms. The van der Waals surface area contributed by atoms with Crippen molar-refractivity contribution in [3.63, 3.8) is 0 Å². The predicted molar refractivity (Wildman–Crippen MR) is 96.5 cm³/mol. The molecule has 2 aromatic rings. The molecule has 0 aromatic carbocycles. The number of hydrogen-bond acceptors (Lipinski definition) is 5. The smallest absolute Gasteiger partial charge is 0.118 e. The van der Waals surface area contributed by atoms with Crippen LogP contribution in [0.25, 0.3) is 0 Å². The number of nitrogens with one attached hydrogen (secondary N) is 1. The normalized spacial score (nSPS) is 11.5. The first-order valence-electron chi connectivity index (χ1n) is 8.20. The molecule has 0 atom stereocenters. The molecule has 2 rings (SSSR count). The minimum absolute atomic E-state index is 0.668. The maximum Gasteiger partial charge on any atom is 0.118 e. The summed E-state index contributed by atoms with van der Waals surface area (Å²) >= 11 is 1.93. The summed E-state index contributed by atoms with van der Waals surface area (Å²) in [5, 5.41) is 0. The van der Waals surface area contributed by atoms with E-state index in [1.54, 1.807) is 0 Å². The Balaban J connectivity index is 1.56. The number of unbranched alkanes of at least 4 members (excludes halogenated alkanes) is 1. The molecule has 0 amide bonds. The highest BCUT2D eigenvalue weighted by atomic mass is 32.2.